The number of aliphatic imine (C=N–C) groups is 1. The van der Waals surface area contributed by atoms with Crippen LogP contribution in [0.1, 0.15) is 60.3 Å². The van der Waals surface area contributed by atoms with Gasteiger partial charge in [-0.25, -0.2) is 4.79 Å². The number of isocyanates is 1. The minimum Gasteiger partial charge on any atom is -0.300 e. The van der Waals surface area contributed by atoms with Crippen LogP contribution in [0.3, 0.4) is 0 Å². The van der Waals surface area contributed by atoms with Crippen LogP contribution in [0.5, 0.6) is 0 Å². The summed E-state index contributed by atoms with van der Waals surface area (Å²) >= 11 is 0. The molecule has 0 atom stereocenters. The van der Waals surface area contributed by atoms with E-state index in [-0.39, 0.29) is 16.7 Å². The van der Waals surface area contributed by atoms with Crippen LogP contribution < -0.4 is 0 Å². The molecule has 0 saturated carbocycles. The predicted molar refractivity (Wildman–Crippen MR) is 65.1 cm³/mol. The molecule has 3 nitrogen and oxygen atoms in total. The van der Waals surface area contributed by atoms with E-state index in [9.17, 15) is 9.59 Å². The molecule has 0 radical (unpaired) electrons. The lowest BCUT2D eigenvalue weighted by molar-refractivity contribution is -0.117. The predicted octanol–water partition coefficient (Wildman–Crippen LogP) is 3.28. The van der Waals surface area contributed by atoms with Gasteiger partial charge in [-0.05, 0) is 45.4 Å². The zero-order valence-electron chi connectivity index (χ0n) is 11.1. The molecule has 0 unspecified atom stereocenters. The van der Waals surface area contributed by atoms with E-state index >= 15 is 0 Å². The third-order valence-corrected chi connectivity index (χ3v) is 2.64. The van der Waals surface area contributed by atoms with E-state index in [4.69, 9.17) is 0 Å². The molecule has 0 heterocycles. The molecule has 0 aliphatic heterocycles. The number of Topliss-reactive ketones (excluding diaryl/α,β-unsaturated/α-hetero) is 1. The van der Waals surface area contributed by atoms with Crippen LogP contribution in [0.15, 0.2) is 4.99 Å². The molecule has 0 aromatic carbocycles. The van der Waals surface area contributed by atoms with Crippen molar-refractivity contribution in [1.29, 1.82) is 0 Å². The molecular weight excluding hydrogens is 202 g/mol. The molecule has 0 bridgehead atoms. The van der Waals surface area contributed by atoms with Crippen LogP contribution >= 0.6 is 0 Å². The maximum atomic E-state index is 10.8. The van der Waals surface area contributed by atoms with Gasteiger partial charge in [-0.1, -0.05) is 13.8 Å². The highest BCUT2D eigenvalue weighted by molar-refractivity contribution is 5.75. The highest BCUT2D eigenvalue weighted by Gasteiger charge is 2.28. The van der Waals surface area contributed by atoms with Crippen LogP contribution in [-0.4, -0.2) is 17.4 Å². The zero-order valence-corrected chi connectivity index (χ0v) is 11.1. The fourth-order valence-corrected chi connectivity index (χ4v) is 2.24. The summed E-state index contributed by atoms with van der Waals surface area (Å²) in [6.07, 6.45) is 4.97. The molecule has 0 saturated heterocycles. The van der Waals surface area contributed by atoms with E-state index in [1.807, 2.05) is 13.8 Å². The number of carbonyl (C=O) groups excluding carboxylic acids is 2. The number of rotatable bonds is 7. The zero-order chi connectivity index (χ0) is 12.8. The Kier molecular flexibility index (Phi) is 5.60. The van der Waals surface area contributed by atoms with Crippen LogP contribution in [0, 0.1) is 5.41 Å². The summed E-state index contributed by atoms with van der Waals surface area (Å²) in [6, 6.07) is 0. The van der Waals surface area contributed by atoms with Crippen molar-refractivity contribution in [2.24, 2.45) is 10.4 Å². The first-order valence-electron chi connectivity index (χ1n) is 5.77. The summed E-state index contributed by atoms with van der Waals surface area (Å²) in [6.45, 7) is 9.79. The van der Waals surface area contributed by atoms with Crippen molar-refractivity contribution in [2.75, 3.05) is 0 Å². The molecule has 0 aliphatic carbocycles. The molecule has 0 spiro atoms. The monoisotopic (exact) mass is 225 g/mol. The standard InChI is InChI=1S/C13H23NO2/c1-11(16)7-6-8-12(2,3)9-13(4,5)14-10-15/h6-9H2,1-5H3. The Morgan fingerprint density at radius 2 is 1.81 bits per heavy atom. The van der Waals surface area contributed by atoms with Crippen LogP contribution in [-0.2, 0) is 9.59 Å². The van der Waals surface area contributed by atoms with Gasteiger partial charge >= 0.3 is 0 Å². The van der Waals surface area contributed by atoms with Crippen molar-refractivity contribution in [3.63, 3.8) is 0 Å². The van der Waals surface area contributed by atoms with E-state index in [0.717, 1.165) is 19.3 Å². The number of ketones is 1. The van der Waals surface area contributed by atoms with Crippen LogP contribution in [0.25, 0.3) is 0 Å². The van der Waals surface area contributed by atoms with Gasteiger partial charge in [0.1, 0.15) is 5.78 Å². The fourth-order valence-electron chi connectivity index (χ4n) is 2.24. The first-order valence-corrected chi connectivity index (χ1v) is 5.77. The lowest BCUT2D eigenvalue weighted by atomic mass is 9.77. The Morgan fingerprint density at radius 3 is 2.25 bits per heavy atom. The molecule has 0 N–H and O–H groups in total. The molecule has 0 amide bonds. The second-order valence-corrected chi connectivity index (χ2v) is 5.91. The van der Waals surface area contributed by atoms with Gasteiger partial charge in [-0.3, -0.25) is 0 Å². The highest BCUT2D eigenvalue weighted by Crippen LogP contribution is 2.34. The molecule has 92 valence electrons. The van der Waals surface area contributed by atoms with Crippen LogP contribution in [0.2, 0.25) is 0 Å². The summed E-state index contributed by atoms with van der Waals surface area (Å²) in [4.78, 5) is 24.9. The van der Waals surface area contributed by atoms with Crippen molar-refractivity contribution in [3.8, 4) is 0 Å². The summed E-state index contributed by atoms with van der Waals surface area (Å²) < 4.78 is 0. The van der Waals surface area contributed by atoms with Crippen molar-refractivity contribution in [2.45, 2.75) is 65.8 Å². The third kappa shape index (κ3) is 7.36. The van der Waals surface area contributed by atoms with Crippen molar-refractivity contribution < 1.29 is 9.59 Å². The molecule has 0 aliphatic rings. The van der Waals surface area contributed by atoms with Gasteiger partial charge in [-0.2, -0.15) is 4.99 Å². The Bertz CT molecular complexity index is 286. The van der Waals surface area contributed by atoms with Gasteiger partial charge in [0.2, 0.25) is 6.08 Å². The summed E-state index contributed by atoms with van der Waals surface area (Å²) in [5.41, 5.74) is -0.263. The van der Waals surface area contributed by atoms with E-state index in [0.29, 0.717) is 6.42 Å². The molecular formula is C13H23NO2. The normalized spacial score (nSPS) is 12.1. The number of nitrogens with zero attached hydrogens (tertiary/aromatic N) is 1. The molecule has 0 aromatic heterocycles. The minimum absolute atomic E-state index is 0.0965. The maximum absolute atomic E-state index is 10.8. The Labute approximate surface area is 98.3 Å². The molecule has 0 fully saturated rings. The summed E-state index contributed by atoms with van der Waals surface area (Å²) in [7, 11) is 0. The Hall–Kier alpha value is -0.950. The van der Waals surface area contributed by atoms with E-state index < -0.39 is 0 Å². The second kappa shape index (κ2) is 5.95. The van der Waals surface area contributed by atoms with Gasteiger partial charge in [0, 0.05) is 6.42 Å². The highest BCUT2D eigenvalue weighted by atomic mass is 16.1. The van der Waals surface area contributed by atoms with Crippen molar-refractivity contribution in [3.05, 3.63) is 0 Å². The lowest BCUT2D eigenvalue weighted by Crippen LogP contribution is -2.27. The van der Waals surface area contributed by atoms with Gasteiger partial charge < -0.3 is 4.79 Å². The van der Waals surface area contributed by atoms with E-state index in [2.05, 4.69) is 18.8 Å². The maximum Gasteiger partial charge on any atom is 0.235 e. The average molecular weight is 225 g/mol. The topological polar surface area (TPSA) is 46.5 Å². The molecule has 0 rings (SSSR count). The van der Waals surface area contributed by atoms with E-state index in [1.165, 1.54) is 0 Å². The molecule has 0 aromatic rings. The smallest absolute Gasteiger partial charge is 0.235 e. The Balaban J connectivity index is 4.23. The molecule has 16 heavy (non-hydrogen) atoms. The van der Waals surface area contributed by atoms with Gasteiger partial charge in [0.25, 0.3) is 0 Å². The van der Waals surface area contributed by atoms with E-state index in [1.54, 1.807) is 13.0 Å². The van der Waals surface area contributed by atoms with Gasteiger partial charge in [0.15, 0.2) is 0 Å². The lowest BCUT2D eigenvalue weighted by Gasteiger charge is -2.31. The third-order valence-electron chi connectivity index (χ3n) is 2.64. The van der Waals surface area contributed by atoms with Crippen molar-refractivity contribution >= 4 is 11.9 Å². The van der Waals surface area contributed by atoms with Gasteiger partial charge in [-0.15, -0.1) is 0 Å². The second-order valence-electron chi connectivity index (χ2n) is 5.91. The quantitative estimate of drug-likeness (QED) is 0.493. The summed E-state index contributed by atoms with van der Waals surface area (Å²) in [5.74, 6) is 0.237. The number of hydrogen-bond acceptors (Lipinski definition) is 3. The average Bonchev–Trinajstić information content (AvgIpc) is 1.99. The fraction of sp³-hybridized carbons (Fsp3) is 0.846. The van der Waals surface area contributed by atoms with Crippen molar-refractivity contribution in [1.82, 2.24) is 0 Å². The first kappa shape index (κ1) is 15.0. The van der Waals surface area contributed by atoms with Gasteiger partial charge in [0.05, 0.1) is 5.54 Å². The van der Waals surface area contributed by atoms with Crippen LogP contribution in [0.4, 0.5) is 0 Å². The number of carbonyl (C=O) groups is 1. The largest absolute Gasteiger partial charge is 0.300 e. The number of hydrogen-bond donors (Lipinski definition) is 0. The Morgan fingerprint density at radius 1 is 1.25 bits per heavy atom. The summed E-state index contributed by atoms with van der Waals surface area (Å²) in [5, 5.41) is 0. The minimum atomic E-state index is -0.360. The first-order chi connectivity index (χ1) is 7.18. The SMILES string of the molecule is CC(=O)CCCC(C)(C)CC(C)(C)N=C=O. The molecule has 3 heteroatoms.